The van der Waals surface area contributed by atoms with Crippen LogP contribution < -0.4 is 10.6 Å². The first-order chi connectivity index (χ1) is 8.61. The standard InChI is InChI=1S/C13H19N3O2/c1-10-9-11(14)3-4-12(10)15-5-7-16(8-6-15)13(17)18-2/h3-4,9H,5-8,14H2,1-2H3. The maximum absolute atomic E-state index is 11.4. The Morgan fingerprint density at radius 3 is 2.50 bits per heavy atom. The predicted molar refractivity (Wildman–Crippen MR) is 71.8 cm³/mol. The number of nitrogen functional groups attached to an aromatic ring is 1. The Kier molecular flexibility index (Phi) is 3.60. The smallest absolute Gasteiger partial charge is 0.409 e. The van der Waals surface area contributed by atoms with Crippen molar-refractivity contribution < 1.29 is 9.53 Å². The molecule has 18 heavy (non-hydrogen) atoms. The number of hydrogen-bond donors (Lipinski definition) is 1. The van der Waals surface area contributed by atoms with E-state index in [-0.39, 0.29) is 6.09 Å². The van der Waals surface area contributed by atoms with Crippen molar-refractivity contribution in [1.29, 1.82) is 0 Å². The molecule has 0 bridgehead atoms. The Balaban J connectivity index is 2.03. The van der Waals surface area contributed by atoms with Crippen molar-refractivity contribution in [3.8, 4) is 0 Å². The Morgan fingerprint density at radius 2 is 1.94 bits per heavy atom. The molecule has 1 heterocycles. The lowest BCUT2D eigenvalue weighted by Gasteiger charge is -2.36. The number of hydrogen-bond acceptors (Lipinski definition) is 4. The summed E-state index contributed by atoms with van der Waals surface area (Å²) < 4.78 is 4.72. The largest absolute Gasteiger partial charge is 0.453 e. The maximum atomic E-state index is 11.4. The highest BCUT2D eigenvalue weighted by Gasteiger charge is 2.22. The molecule has 1 aliphatic heterocycles. The van der Waals surface area contributed by atoms with Crippen LogP contribution in [0.4, 0.5) is 16.2 Å². The second-order valence-corrected chi connectivity index (χ2v) is 4.49. The number of rotatable bonds is 1. The first-order valence-corrected chi connectivity index (χ1v) is 6.06. The van der Waals surface area contributed by atoms with Crippen molar-refractivity contribution in [3.05, 3.63) is 23.8 Å². The molecule has 0 radical (unpaired) electrons. The average molecular weight is 249 g/mol. The van der Waals surface area contributed by atoms with E-state index in [0.717, 1.165) is 18.8 Å². The summed E-state index contributed by atoms with van der Waals surface area (Å²) in [5.74, 6) is 0. The first kappa shape index (κ1) is 12.5. The summed E-state index contributed by atoms with van der Waals surface area (Å²) in [5, 5.41) is 0. The number of methoxy groups -OCH3 is 1. The van der Waals surface area contributed by atoms with Gasteiger partial charge in [0.15, 0.2) is 0 Å². The number of carbonyl (C=O) groups excluding carboxylic acids is 1. The maximum Gasteiger partial charge on any atom is 0.409 e. The fourth-order valence-electron chi connectivity index (χ4n) is 2.29. The minimum atomic E-state index is -0.247. The van der Waals surface area contributed by atoms with Crippen LogP contribution in [0, 0.1) is 6.92 Å². The van der Waals surface area contributed by atoms with Crippen LogP contribution in [-0.4, -0.2) is 44.3 Å². The van der Waals surface area contributed by atoms with Crippen molar-refractivity contribution in [2.45, 2.75) is 6.92 Å². The van der Waals surface area contributed by atoms with Gasteiger partial charge in [0.25, 0.3) is 0 Å². The zero-order valence-electron chi connectivity index (χ0n) is 10.8. The van der Waals surface area contributed by atoms with Crippen LogP contribution in [-0.2, 0) is 4.74 Å². The zero-order valence-corrected chi connectivity index (χ0v) is 10.8. The van der Waals surface area contributed by atoms with E-state index in [1.807, 2.05) is 18.2 Å². The molecule has 0 unspecified atom stereocenters. The van der Waals surface area contributed by atoms with Gasteiger partial charge in [-0.15, -0.1) is 0 Å². The van der Waals surface area contributed by atoms with Crippen molar-refractivity contribution in [3.63, 3.8) is 0 Å². The van der Waals surface area contributed by atoms with E-state index >= 15 is 0 Å². The van der Waals surface area contributed by atoms with Gasteiger partial charge in [0.2, 0.25) is 0 Å². The van der Waals surface area contributed by atoms with Crippen LogP contribution in [0.1, 0.15) is 5.56 Å². The van der Waals surface area contributed by atoms with Crippen molar-refractivity contribution >= 4 is 17.5 Å². The number of piperazine rings is 1. The summed E-state index contributed by atoms with van der Waals surface area (Å²) in [6, 6.07) is 5.93. The molecule has 2 N–H and O–H groups in total. The number of ether oxygens (including phenoxy) is 1. The summed E-state index contributed by atoms with van der Waals surface area (Å²) in [6.45, 7) is 5.07. The SMILES string of the molecule is COC(=O)N1CCN(c2ccc(N)cc2C)CC1. The highest BCUT2D eigenvalue weighted by atomic mass is 16.5. The molecule has 0 aliphatic carbocycles. The van der Waals surface area contributed by atoms with Gasteiger partial charge >= 0.3 is 6.09 Å². The van der Waals surface area contributed by atoms with E-state index in [1.165, 1.54) is 18.4 Å². The summed E-state index contributed by atoms with van der Waals surface area (Å²) in [7, 11) is 1.42. The number of nitrogens with two attached hydrogens (primary N) is 1. The van der Waals surface area contributed by atoms with Gasteiger partial charge in [0.05, 0.1) is 7.11 Å². The Bertz CT molecular complexity index is 440. The van der Waals surface area contributed by atoms with E-state index in [2.05, 4.69) is 11.8 Å². The molecule has 5 heteroatoms. The van der Waals surface area contributed by atoms with Crippen molar-refractivity contribution in [2.24, 2.45) is 0 Å². The third-order valence-corrected chi connectivity index (χ3v) is 3.27. The molecule has 0 aromatic heterocycles. The first-order valence-electron chi connectivity index (χ1n) is 6.06. The van der Waals surface area contributed by atoms with E-state index in [9.17, 15) is 4.79 Å². The Labute approximate surface area is 107 Å². The molecule has 1 aliphatic rings. The number of nitrogens with zero attached hydrogens (tertiary/aromatic N) is 2. The second-order valence-electron chi connectivity index (χ2n) is 4.49. The van der Waals surface area contributed by atoms with Gasteiger partial charge in [-0.05, 0) is 30.7 Å². The summed E-state index contributed by atoms with van der Waals surface area (Å²) in [6.07, 6.45) is -0.247. The van der Waals surface area contributed by atoms with Crippen molar-refractivity contribution in [1.82, 2.24) is 4.90 Å². The number of amides is 1. The van der Waals surface area contributed by atoms with E-state index < -0.39 is 0 Å². The Morgan fingerprint density at radius 1 is 1.28 bits per heavy atom. The van der Waals surface area contributed by atoms with Gasteiger partial charge in [0.1, 0.15) is 0 Å². The fraction of sp³-hybridized carbons (Fsp3) is 0.462. The molecule has 1 amide bonds. The number of carbonyl (C=O) groups is 1. The van der Waals surface area contributed by atoms with E-state index in [1.54, 1.807) is 4.90 Å². The van der Waals surface area contributed by atoms with Gasteiger partial charge in [-0.25, -0.2) is 4.79 Å². The minimum Gasteiger partial charge on any atom is -0.453 e. The molecule has 1 aromatic rings. The Hall–Kier alpha value is -1.91. The highest BCUT2D eigenvalue weighted by molar-refractivity contribution is 5.68. The molecule has 1 fully saturated rings. The molecular formula is C13H19N3O2. The number of aryl methyl sites for hydroxylation is 1. The lowest BCUT2D eigenvalue weighted by molar-refractivity contribution is 0.121. The molecule has 5 nitrogen and oxygen atoms in total. The summed E-state index contributed by atoms with van der Waals surface area (Å²) in [5.41, 5.74) is 8.89. The molecule has 0 saturated carbocycles. The van der Waals surface area contributed by atoms with Gasteiger partial charge in [-0.2, -0.15) is 0 Å². The second kappa shape index (κ2) is 5.16. The van der Waals surface area contributed by atoms with E-state index in [0.29, 0.717) is 13.1 Å². The molecular weight excluding hydrogens is 230 g/mol. The lowest BCUT2D eigenvalue weighted by atomic mass is 10.1. The van der Waals surface area contributed by atoms with Crippen LogP contribution in [0.25, 0.3) is 0 Å². The van der Waals surface area contributed by atoms with Crippen molar-refractivity contribution in [2.75, 3.05) is 43.9 Å². The van der Waals surface area contributed by atoms with Crippen LogP contribution in [0.15, 0.2) is 18.2 Å². The third kappa shape index (κ3) is 2.50. The van der Waals surface area contributed by atoms with Crippen LogP contribution in [0.2, 0.25) is 0 Å². The minimum absolute atomic E-state index is 0.247. The quantitative estimate of drug-likeness (QED) is 0.766. The van der Waals surface area contributed by atoms with Crippen LogP contribution >= 0.6 is 0 Å². The zero-order chi connectivity index (χ0) is 13.1. The van der Waals surface area contributed by atoms with E-state index in [4.69, 9.17) is 10.5 Å². The topological polar surface area (TPSA) is 58.8 Å². The van der Waals surface area contributed by atoms with Crippen LogP contribution in [0.3, 0.4) is 0 Å². The molecule has 98 valence electrons. The highest BCUT2D eigenvalue weighted by Crippen LogP contribution is 2.23. The van der Waals surface area contributed by atoms with Gasteiger partial charge < -0.3 is 20.3 Å². The van der Waals surface area contributed by atoms with Gasteiger partial charge in [0, 0.05) is 37.6 Å². The number of benzene rings is 1. The summed E-state index contributed by atoms with van der Waals surface area (Å²) >= 11 is 0. The van der Waals surface area contributed by atoms with Gasteiger partial charge in [-0.3, -0.25) is 0 Å². The van der Waals surface area contributed by atoms with Gasteiger partial charge in [-0.1, -0.05) is 0 Å². The molecule has 0 atom stereocenters. The monoisotopic (exact) mass is 249 g/mol. The average Bonchev–Trinajstić information content (AvgIpc) is 2.38. The molecule has 1 aromatic carbocycles. The third-order valence-electron chi connectivity index (χ3n) is 3.27. The molecule has 2 rings (SSSR count). The lowest BCUT2D eigenvalue weighted by Crippen LogP contribution is -2.48. The summed E-state index contributed by atoms with van der Waals surface area (Å²) in [4.78, 5) is 15.4. The number of anilines is 2. The van der Waals surface area contributed by atoms with Crippen LogP contribution in [0.5, 0.6) is 0 Å². The normalized spacial score (nSPS) is 15.7. The predicted octanol–water partition coefficient (Wildman–Crippen LogP) is 1.47. The fourth-order valence-corrected chi connectivity index (χ4v) is 2.29. The molecule has 0 spiro atoms. The molecule has 1 saturated heterocycles.